The predicted octanol–water partition coefficient (Wildman–Crippen LogP) is 4.86. The zero-order valence-electron chi connectivity index (χ0n) is 19.0. The van der Waals surface area contributed by atoms with Gasteiger partial charge in [-0.05, 0) is 55.3 Å². The zero-order valence-corrected chi connectivity index (χ0v) is 19.7. The number of aromatic nitrogens is 2. The van der Waals surface area contributed by atoms with E-state index in [0.29, 0.717) is 49.2 Å². The van der Waals surface area contributed by atoms with Gasteiger partial charge in [0.25, 0.3) is 0 Å². The van der Waals surface area contributed by atoms with Crippen molar-refractivity contribution < 1.29 is 24.1 Å². The molecule has 34 heavy (non-hydrogen) atoms. The summed E-state index contributed by atoms with van der Waals surface area (Å²) in [5, 5.41) is 9.97. The van der Waals surface area contributed by atoms with Crippen LogP contribution in [0.3, 0.4) is 0 Å². The molecule has 2 aromatic carbocycles. The third kappa shape index (κ3) is 6.08. The average Bonchev–Trinajstić information content (AvgIpc) is 3.49. The standard InChI is InChI=1S/C25H28ClN3O5/c1-2-29(24(30)31)21-7-9-22(10-8-21)32-15-23-16-33-25(34-23,17-28-14-13-27-18-28)12-11-19-3-5-20(26)6-4-19/h3-10,13-14,18,23H,2,11-12,15-17H2,1H3,(H,30,31). The molecule has 1 aliphatic rings. The van der Waals surface area contributed by atoms with Gasteiger partial charge in [-0.1, -0.05) is 23.7 Å². The molecule has 9 heteroatoms. The van der Waals surface area contributed by atoms with Crippen LogP contribution in [0.4, 0.5) is 10.5 Å². The fourth-order valence-electron chi connectivity index (χ4n) is 3.98. The van der Waals surface area contributed by atoms with E-state index in [1.54, 1.807) is 43.7 Å². The summed E-state index contributed by atoms with van der Waals surface area (Å²) in [7, 11) is 0. The molecule has 2 unspecified atom stereocenters. The smallest absolute Gasteiger partial charge is 0.411 e. The molecule has 2 heterocycles. The molecule has 1 N–H and O–H groups in total. The van der Waals surface area contributed by atoms with Crippen LogP contribution in [0.15, 0.2) is 67.3 Å². The van der Waals surface area contributed by atoms with Crippen molar-refractivity contribution in [2.75, 3.05) is 24.7 Å². The summed E-state index contributed by atoms with van der Waals surface area (Å²) in [5.41, 5.74) is 1.76. The molecule has 4 rings (SSSR count). The van der Waals surface area contributed by atoms with Crippen molar-refractivity contribution in [3.8, 4) is 5.75 Å². The number of benzene rings is 2. The van der Waals surface area contributed by atoms with Crippen molar-refractivity contribution in [2.45, 2.75) is 38.2 Å². The Balaban J connectivity index is 1.37. The minimum Gasteiger partial charge on any atom is -0.491 e. The Bertz CT molecular complexity index is 1060. The summed E-state index contributed by atoms with van der Waals surface area (Å²) in [5.74, 6) is -0.150. The SMILES string of the molecule is CCN(C(=O)O)c1ccc(OCC2COC(CCc3ccc(Cl)cc3)(Cn3ccnc3)O2)cc1. The molecule has 1 fully saturated rings. The second kappa shape index (κ2) is 10.9. The van der Waals surface area contributed by atoms with E-state index in [-0.39, 0.29) is 6.10 Å². The number of halogens is 1. The molecular weight excluding hydrogens is 458 g/mol. The second-order valence-corrected chi connectivity index (χ2v) is 8.59. The lowest BCUT2D eigenvalue weighted by molar-refractivity contribution is -0.184. The molecule has 1 aliphatic heterocycles. The molecule has 0 bridgehead atoms. The van der Waals surface area contributed by atoms with E-state index in [2.05, 4.69) is 4.98 Å². The van der Waals surface area contributed by atoms with Crippen molar-refractivity contribution in [1.29, 1.82) is 0 Å². The van der Waals surface area contributed by atoms with Crippen molar-refractivity contribution in [1.82, 2.24) is 9.55 Å². The summed E-state index contributed by atoms with van der Waals surface area (Å²) in [4.78, 5) is 16.7. The summed E-state index contributed by atoms with van der Waals surface area (Å²) < 4.78 is 20.5. The van der Waals surface area contributed by atoms with Crippen molar-refractivity contribution in [2.24, 2.45) is 0 Å². The highest BCUT2D eigenvalue weighted by atomic mass is 35.5. The van der Waals surface area contributed by atoms with Crippen LogP contribution in [0.2, 0.25) is 5.02 Å². The average molecular weight is 486 g/mol. The Morgan fingerprint density at radius 2 is 2.03 bits per heavy atom. The summed E-state index contributed by atoms with van der Waals surface area (Å²) >= 11 is 6.01. The Labute approximate surface area is 203 Å². The van der Waals surface area contributed by atoms with Gasteiger partial charge in [0, 0.05) is 36.1 Å². The number of aryl methyl sites for hydroxylation is 1. The van der Waals surface area contributed by atoms with E-state index in [0.717, 1.165) is 12.0 Å². The minimum atomic E-state index is -0.986. The van der Waals surface area contributed by atoms with Gasteiger partial charge in [-0.3, -0.25) is 4.90 Å². The lowest BCUT2D eigenvalue weighted by Gasteiger charge is -2.28. The third-order valence-corrected chi connectivity index (χ3v) is 5.99. The molecule has 180 valence electrons. The summed E-state index contributed by atoms with van der Waals surface area (Å²) in [6.45, 7) is 3.42. The molecule has 0 spiro atoms. The topological polar surface area (TPSA) is 86.1 Å². The Kier molecular flexibility index (Phi) is 7.72. The van der Waals surface area contributed by atoms with Crippen LogP contribution in [0.1, 0.15) is 18.9 Å². The Morgan fingerprint density at radius 3 is 2.68 bits per heavy atom. The maximum absolute atomic E-state index is 11.3. The van der Waals surface area contributed by atoms with Gasteiger partial charge in [-0.15, -0.1) is 0 Å². The number of rotatable bonds is 10. The first kappa shape index (κ1) is 24.1. The van der Waals surface area contributed by atoms with Crippen LogP contribution in [-0.2, 0) is 22.4 Å². The number of hydrogen-bond acceptors (Lipinski definition) is 5. The van der Waals surface area contributed by atoms with Crippen LogP contribution < -0.4 is 9.64 Å². The largest absolute Gasteiger partial charge is 0.491 e. The van der Waals surface area contributed by atoms with E-state index in [4.69, 9.17) is 25.8 Å². The Hall–Kier alpha value is -3.07. The van der Waals surface area contributed by atoms with Gasteiger partial charge in [-0.2, -0.15) is 0 Å². The van der Waals surface area contributed by atoms with E-state index in [1.165, 1.54) is 4.90 Å². The Morgan fingerprint density at radius 1 is 1.26 bits per heavy atom. The maximum Gasteiger partial charge on any atom is 0.411 e. The van der Waals surface area contributed by atoms with Crippen molar-refractivity contribution >= 4 is 23.4 Å². The monoisotopic (exact) mass is 485 g/mol. The molecule has 3 aromatic rings. The molecule has 1 amide bonds. The van der Waals surface area contributed by atoms with E-state index < -0.39 is 11.9 Å². The predicted molar refractivity (Wildman–Crippen MR) is 129 cm³/mol. The molecule has 0 aliphatic carbocycles. The van der Waals surface area contributed by atoms with E-state index >= 15 is 0 Å². The van der Waals surface area contributed by atoms with E-state index in [9.17, 15) is 9.90 Å². The van der Waals surface area contributed by atoms with E-state index in [1.807, 2.05) is 35.0 Å². The highest BCUT2D eigenvalue weighted by molar-refractivity contribution is 6.30. The number of ether oxygens (including phenoxy) is 3. The second-order valence-electron chi connectivity index (χ2n) is 8.15. The molecule has 8 nitrogen and oxygen atoms in total. The lowest BCUT2D eigenvalue weighted by Crippen LogP contribution is -2.37. The number of amides is 1. The zero-order chi connectivity index (χ0) is 24.0. The highest BCUT2D eigenvalue weighted by Gasteiger charge is 2.42. The van der Waals surface area contributed by atoms with Gasteiger partial charge in [0.05, 0.1) is 19.5 Å². The van der Waals surface area contributed by atoms with Crippen LogP contribution in [0.25, 0.3) is 0 Å². The molecule has 1 saturated heterocycles. The van der Waals surface area contributed by atoms with Gasteiger partial charge < -0.3 is 23.9 Å². The number of carbonyl (C=O) groups is 1. The third-order valence-electron chi connectivity index (χ3n) is 5.74. The fourth-order valence-corrected chi connectivity index (χ4v) is 4.10. The number of hydrogen-bond donors (Lipinski definition) is 1. The van der Waals surface area contributed by atoms with Gasteiger partial charge in [-0.25, -0.2) is 9.78 Å². The first-order chi connectivity index (χ1) is 16.5. The number of anilines is 1. The summed E-state index contributed by atoms with van der Waals surface area (Å²) in [6, 6.07) is 14.8. The highest BCUT2D eigenvalue weighted by Crippen LogP contribution is 2.31. The van der Waals surface area contributed by atoms with Gasteiger partial charge in [0.2, 0.25) is 0 Å². The van der Waals surface area contributed by atoms with Crippen LogP contribution in [0.5, 0.6) is 5.75 Å². The molecular formula is C25H28ClN3O5. The molecule has 2 atom stereocenters. The first-order valence-corrected chi connectivity index (χ1v) is 11.6. The molecule has 0 saturated carbocycles. The van der Waals surface area contributed by atoms with Crippen LogP contribution >= 0.6 is 11.6 Å². The van der Waals surface area contributed by atoms with Gasteiger partial charge in [0.1, 0.15) is 18.5 Å². The fraction of sp³-hybridized carbons (Fsp3) is 0.360. The molecule has 0 radical (unpaired) electrons. The van der Waals surface area contributed by atoms with Crippen LogP contribution in [-0.4, -0.2) is 52.4 Å². The number of carboxylic acid groups (broad SMARTS) is 1. The maximum atomic E-state index is 11.3. The van der Waals surface area contributed by atoms with Crippen molar-refractivity contribution in [3.63, 3.8) is 0 Å². The number of nitrogens with zero attached hydrogens (tertiary/aromatic N) is 3. The van der Waals surface area contributed by atoms with Gasteiger partial charge in [0.15, 0.2) is 5.79 Å². The van der Waals surface area contributed by atoms with Gasteiger partial charge >= 0.3 is 6.09 Å². The molecule has 1 aromatic heterocycles. The summed E-state index contributed by atoms with van der Waals surface area (Å²) in [6.07, 6.45) is 5.59. The minimum absolute atomic E-state index is 0.237. The first-order valence-electron chi connectivity index (χ1n) is 11.2. The van der Waals surface area contributed by atoms with Crippen LogP contribution in [0, 0.1) is 0 Å². The quantitative estimate of drug-likeness (QED) is 0.441. The van der Waals surface area contributed by atoms with Crippen molar-refractivity contribution in [3.05, 3.63) is 77.8 Å². The normalized spacial score (nSPS) is 19.8. The lowest BCUT2D eigenvalue weighted by atomic mass is 10.0. The number of imidazole rings is 1.